The van der Waals surface area contributed by atoms with Gasteiger partial charge in [-0.25, -0.2) is 21.6 Å². The van der Waals surface area contributed by atoms with Crippen LogP contribution in [0.2, 0.25) is 5.02 Å². The third-order valence-electron chi connectivity index (χ3n) is 11.3. The van der Waals surface area contributed by atoms with Gasteiger partial charge in [0.1, 0.15) is 0 Å². The number of carbonyl (C=O) groups is 1. The number of carboxylic acids is 1. The maximum Gasteiger partial charge on any atom is 0.338 e. The van der Waals surface area contributed by atoms with Gasteiger partial charge in [-0.1, -0.05) is 54.1 Å². The van der Waals surface area contributed by atoms with Crippen molar-refractivity contribution in [3.8, 4) is 22.4 Å². The standard InChI is InChI=1S/C48H52ClN5O7S3/c1-32(2)54-33(3)45(48(56)57)46(47(54)34-13-15-36(49)16-14-34)35-9-8-10-40(29-35)53-26-24-52(25-27-53)39-19-17-37(18-20-39)51-64(60,61)42-21-22-43(44(30-42)63(4,58)59)50-38(23-28-55)31-62-41-11-6-5-7-12-41/h5-22,29-30,32,38,50-51,55H,23-28,31H2,1-4H3,(H,56,57). The molecule has 0 radical (unpaired) electrons. The first kappa shape index (κ1) is 46.5. The van der Waals surface area contributed by atoms with Crippen molar-refractivity contribution in [2.45, 2.75) is 54.0 Å². The number of benzene rings is 5. The number of hydrogen-bond acceptors (Lipinski definition) is 10. The predicted octanol–water partition coefficient (Wildman–Crippen LogP) is 9.55. The molecule has 2 heterocycles. The molecule has 0 saturated carbocycles. The highest BCUT2D eigenvalue weighted by atomic mass is 35.5. The number of aliphatic hydroxyl groups is 1. The van der Waals surface area contributed by atoms with Crippen molar-refractivity contribution in [3.05, 3.63) is 138 Å². The van der Waals surface area contributed by atoms with E-state index in [2.05, 4.69) is 30.5 Å². The van der Waals surface area contributed by atoms with Crippen LogP contribution in [0, 0.1) is 6.92 Å². The summed E-state index contributed by atoms with van der Waals surface area (Å²) in [5.74, 6) is -0.436. The van der Waals surface area contributed by atoms with Crippen LogP contribution in [0.5, 0.6) is 0 Å². The Morgan fingerprint density at radius 2 is 1.45 bits per heavy atom. The van der Waals surface area contributed by atoms with Gasteiger partial charge in [-0.2, -0.15) is 0 Å². The molecule has 0 aliphatic carbocycles. The fraction of sp³-hybridized carbons (Fsp3) is 0.271. The van der Waals surface area contributed by atoms with Crippen LogP contribution in [0.15, 0.2) is 136 Å². The number of nitrogens with zero attached hydrogens (tertiary/aromatic N) is 3. The van der Waals surface area contributed by atoms with Crippen LogP contribution in [0.25, 0.3) is 22.4 Å². The van der Waals surface area contributed by atoms with Crippen LogP contribution in [-0.2, 0) is 19.9 Å². The summed E-state index contributed by atoms with van der Waals surface area (Å²) in [5, 5.41) is 24.1. The number of rotatable bonds is 17. The molecule has 5 aromatic carbocycles. The Hall–Kier alpha value is -5.45. The average Bonchev–Trinajstić information content (AvgIpc) is 3.59. The molecule has 0 bridgehead atoms. The van der Waals surface area contributed by atoms with Gasteiger partial charge in [0.25, 0.3) is 10.0 Å². The minimum absolute atomic E-state index is 0.00539. The maximum atomic E-state index is 13.6. The molecule has 1 aromatic heterocycles. The van der Waals surface area contributed by atoms with Gasteiger partial charge in [0, 0.05) is 95.1 Å². The molecule has 64 heavy (non-hydrogen) atoms. The third-order valence-corrected chi connectivity index (χ3v) is 15.2. The molecule has 12 nitrogen and oxygen atoms in total. The highest BCUT2D eigenvalue weighted by molar-refractivity contribution is 7.99. The molecule has 6 aromatic rings. The Kier molecular flexibility index (Phi) is 14.4. The van der Waals surface area contributed by atoms with Crippen LogP contribution < -0.4 is 19.8 Å². The lowest BCUT2D eigenvalue weighted by Gasteiger charge is -2.37. The van der Waals surface area contributed by atoms with Crippen LogP contribution >= 0.6 is 23.4 Å². The van der Waals surface area contributed by atoms with E-state index in [0.29, 0.717) is 60.3 Å². The number of carboxylic acid groups (broad SMARTS) is 1. The highest BCUT2D eigenvalue weighted by Gasteiger charge is 2.29. The van der Waals surface area contributed by atoms with Crippen LogP contribution in [0.4, 0.5) is 22.7 Å². The second-order valence-corrected chi connectivity index (χ2v) is 21.2. The summed E-state index contributed by atoms with van der Waals surface area (Å²) in [6.07, 6.45) is 1.40. The van der Waals surface area contributed by atoms with E-state index in [9.17, 15) is 31.8 Å². The Labute approximate surface area is 384 Å². The minimum Gasteiger partial charge on any atom is -0.478 e. The number of sulfone groups is 1. The Balaban J connectivity index is 1.03. The van der Waals surface area contributed by atoms with Crippen LogP contribution in [0.1, 0.15) is 42.4 Å². The van der Waals surface area contributed by atoms with Crippen molar-refractivity contribution in [3.63, 3.8) is 0 Å². The molecule has 336 valence electrons. The van der Waals surface area contributed by atoms with E-state index in [4.69, 9.17) is 11.6 Å². The predicted molar refractivity (Wildman–Crippen MR) is 260 cm³/mol. The molecule has 7 rings (SSSR count). The van der Waals surface area contributed by atoms with E-state index in [1.54, 1.807) is 23.9 Å². The van der Waals surface area contributed by atoms with Crippen molar-refractivity contribution in [1.82, 2.24) is 4.57 Å². The zero-order chi connectivity index (χ0) is 45.8. The van der Waals surface area contributed by atoms with Gasteiger partial charge in [0.15, 0.2) is 9.84 Å². The summed E-state index contributed by atoms with van der Waals surface area (Å²) < 4.78 is 57.9. The summed E-state index contributed by atoms with van der Waals surface area (Å²) >= 11 is 7.82. The van der Waals surface area contributed by atoms with Gasteiger partial charge in [0.05, 0.1) is 26.7 Å². The molecular formula is C48H52ClN5O7S3. The molecule has 16 heteroatoms. The van der Waals surface area contributed by atoms with Crippen molar-refractivity contribution in [1.29, 1.82) is 0 Å². The minimum atomic E-state index is -4.18. The van der Waals surface area contributed by atoms with E-state index in [1.165, 1.54) is 12.1 Å². The van der Waals surface area contributed by atoms with Gasteiger partial charge in [-0.15, -0.1) is 11.8 Å². The molecule has 1 atom stereocenters. The first-order valence-electron chi connectivity index (χ1n) is 20.9. The van der Waals surface area contributed by atoms with E-state index >= 15 is 0 Å². The number of aliphatic hydroxyl groups excluding tert-OH is 1. The van der Waals surface area contributed by atoms with E-state index < -0.39 is 25.8 Å². The molecular weight excluding hydrogens is 890 g/mol. The lowest BCUT2D eigenvalue weighted by atomic mass is 9.96. The highest BCUT2D eigenvalue weighted by Crippen LogP contribution is 2.42. The fourth-order valence-electron chi connectivity index (χ4n) is 8.20. The zero-order valence-corrected chi connectivity index (χ0v) is 39.2. The van der Waals surface area contributed by atoms with Gasteiger partial charge < -0.3 is 29.9 Å². The lowest BCUT2D eigenvalue weighted by Crippen LogP contribution is -2.46. The number of hydrogen-bond donors (Lipinski definition) is 4. The van der Waals surface area contributed by atoms with Crippen molar-refractivity contribution in [2.24, 2.45) is 0 Å². The van der Waals surface area contributed by atoms with E-state index in [0.717, 1.165) is 45.4 Å². The summed E-state index contributed by atoms with van der Waals surface area (Å²) in [7, 11) is -8.03. The number of aromatic nitrogens is 1. The maximum absolute atomic E-state index is 13.6. The molecule has 4 N–H and O–H groups in total. The normalized spacial score (nSPS) is 13.9. The smallest absolute Gasteiger partial charge is 0.338 e. The lowest BCUT2D eigenvalue weighted by molar-refractivity contribution is 0.0696. The molecule has 1 unspecified atom stereocenters. The van der Waals surface area contributed by atoms with Crippen molar-refractivity contribution in [2.75, 3.05) is 64.6 Å². The third kappa shape index (κ3) is 10.6. The van der Waals surface area contributed by atoms with Crippen LogP contribution in [-0.4, -0.2) is 88.4 Å². The van der Waals surface area contributed by atoms with Crippen LogP contribution in [0.3, 0.4) is 0 Å². The zero-order valence-electron chi connectivity index (χ0n) is 36.0. The topological polar surface area (TPSA) is 161 Å². The molecule has 1 aliphatic heterocycles. The number of sulfonamides is 1. The number of halogens is 1. The molecule has 0 amide bonds. The van der Waals surface area contributed by atoms with Crippen molar-refractivity contribution >= 4 is 71.9 Å². The number of nitrogens with one attached hydrogen (secondary N) is 2. The Morgan fingerprint density at radius 1 is 0.797 bits per heavy atom. The van der Waals surface area contributed by atoms with E-state index in [1.807, 2.05) is 106 Å². The number of aromatic carboxylic acids is 1. The monoisotopic (exact) mass is 941 g/mol. The van der Waals surface area contributed by atoms with Crippen molar-refractivity contribution < 1.29 is 31.8 Å². The van der Waals surface area contributed by atoms with Gasteiger partial charge in [-0.3, -0.25) is 4.72 Å². The molecule has 1 aliphatic rings. The van der Waals surface area contributed by atoms with E-state index in [-0.39, 0.29) is 39.7 Å². The van der Waals surface area contributed by atoms with Gasteiger partial charge in [-0.05, 0) is 117 Å². The number of piperazine rings is 1. The summed E-state index contributed by atoms with van der Waals surface area (Å²) in [6, 6.07) is 36.0. The largest absolute Gasteiger partial charge is 0.478 e. The van der Waals surface area contributed by atoms with Gasteiger partial charge >= 0.3 is 5.97 Å². The first-order valence-corrected chi connectivity index (χ1v) is 25.6. The quantitative estimate of drug-likeness (QED) is 0.0645. The first-order chi connectivity index (χ1) is 30.5. The molecule has 0 spiro atoms. The second kappa shape index (κ2) is 19.7. The number of anilines is 4. The Morgan fingerprint density at radius 3 is 2.06 bits per heavy atom. The molecule has 1 fully saturated rings. The summed E-state index contributed by atoms with van der Waals surface area (Å²) in [6.45, 7) is 8.60. The SMILES string of the molecule is Cc1c(C(=O)O)c(-c2cccc(N3CCN(c4ccc(NS(=O)(=O)c5ccc(NC(CCO)CSc6ccccc6)c(S(C)(=O)=O)c5)cc4)CC3)c2)c(-c2ccc(Cl)cc2)n1C(C)C. The van der Waals surface area contributed by atoms with Gasteiger partial charge in [0.2, 0.25) is 0 Å². The fourth-order valence-corrected chi connectivity index (χ4v) is 11.4. The summed E-state index contributed by atoms with van der Waals surface area (Å²) in [4.78, 5) is 18.0. The molecule has 1 saturated heterocycles. The number of thioether (sulfide) groups is 1. The Bertz CT molecular complexity index is 2830. The second-order valence-electron chi connectivity index (χ2n) is 16.0. The average molecular weight is 943 g/mol. The summed E-state index contributed by atoms with van der Waals surface area (Å²) in [5.41, 5.74) is 6.61.